The highest BCUT2D eigenvalue weighted by Gasteiger charge is 2.21. The van der Waals surface area contributed by atoms with Crippen LogP contribution in [-0.2, 0) is 9.53 Å². The Bertz CT molecular complexity index is 591. The molecule has 1 aliphatic heterocycles. The van der Waals surface area contributed by atoms with E-state index in [0.717, 1.165) is 25.5 Å². The van der Waals surface area contributed by atoms with Crippen LogP contribution in [0.1, 0.15) is 36.5 Å². The minimum Gasteiger partial charge on any atom is -0.376 e. The van der Waals surface area contributed by atoms with Gasteiger partial charge in [0, 0.05) is 37.1 Å². The molecule has 1 aromatic carbocycles. The number of ether oxygens (including phenoxy) is 1. The maximum atomic E-state index is 13.2. The molecule has 1 aromatic rings. The van der Waals surface area contributed by atoms with E-state index in [2.05, 4.69) is 21.2 Å². The van der Waals surface area contributed by atoms with Crippen molar-refractivity contribution in [1.29, 1.82) is 0 Å². The molecule has 1 fully saturated rings. The fraction of sp³-hybridized carbons (Fsp3) is 0.529. The van der Waals surface area contributed by atoms with E-state index in [1.54, 1.807) is 4.90 Å². The van der Waals surface area contributed by atoms with Crippen molar-refractivity contribution in [3.8, 4) is 0 Å². The minimum absolute atomic E-state index is 0.0217. The number of hydrogen-bond donors (Lipinski definition) is 1. The Balaban J connectivity index is 1.80. The van der Waals surface area contributed by atoms with Gasteiger partial charge in [-0.15, -0.1) is 0 Å². The molecule has 1 saturated heterocycles. The molecule has 0 spiro atoms. The molecule has 0 radical (unpaired) electrons. The van der Waals surface area contributed by atoms with Gasteiger partial charge in [-0.1, -0.05) is 0 Å². The van der Waals surface area contributed by atoms with Gasteiger partial charge in [-0.2, -0.15) is 0 Å². The zero-order chi connectivity index (χ0) is 17.5. The number of hydrogen-bond acceptors (Lipinski definition) is 3. The van der Waals surface area contributed by atoms with Gasteiger partial charge in [-0.25, -0.2) is 4.39 Å². The third-order valence-electron chi connectivity index (χ3n) is 3.98. The second-order valence-electron chi connectivity index (χ2n) is 5.70. The van der Waals surface area contributed by atoms with Crippen molar-refractivity contribution in [1.82, 2.24) is 10.2 Å². The maximum absolute atomic E-state index is 13.2. The number of amides is 2. The second-order valence-corrected chi connectivity index (χ2v) is 6.55. The normalized spacial score (nSPS) is 16.9. The Morgan fingerprint density at radius 1 is 1.46 bits per heavy atom. The topological polar surface area (TPSA) is 58.6 Å². The van der Waals surface area contributed by atoms with Crippen LogP contribution in [0.25, 0.3) is 0 Å². The highest BCUT2D eigenvalue weighted by Crippen LogP contribution is 2.17. The molecule has 7 heteroatoms. The van der Waals surface area contributed by atoms with Crippen molar-refractivity contribution in [2.24, 2.45) is 0 Å². The summed E-state index contributed by atoms with van der Waals surface area (Å²) in [5.41, 5.74) is 0.217. The third kappa shape index (κ3) is 5.27. The van der Waals surface area contributed by atoms with Crippen LogP contribution in [0.3, 0.4) is 0 Å². The van der Waals surface area contributed by atoms with Gasteiger partial charge in [0.05, 0.1) is 11.7 Å². The van der Waals surface area contributed by atoms with Crippen molar-refractivity contribution in [3.63, 3.8) is 0 Å². The summed E-state index contributed by atoms with van der Waals surface area (Å²) in [6, 6.07) is 3.92. The molecule has 0 aliphatic carbocycles. The van der Waals surface area contributed by atoms with Crippen LogP contribution in [0.2, 0.25) is 0 Å². The number of nitrogens with zero attached hydrogens (tertiary/aromatic N) is 1. The van der Waals surface area contributed by atoms with Crippen molar-refractivity contribution in [2.75, 3.05) is 26.2 Å². The lowest BCUT2D eigenvalue weighted by Crippen LogP contribution is -2.39. The highest BCUT2D eigenvalue weighted by molar-refractivity contribution is 9.10. The molecule has 0 bridgehead atoms. The maximum Gasteiger partial charge on any atom is 0.252 e. The van der Waals surface area contributed by atoms with Crippen LogP contribution in [-0.4, -0.2) is 49.1 Å². The molecule has 0 aromatic heterocycles. The second kappa shape index (κ2) is 9.13. The lowest BCUT2D eigenvalue weighted by Gasteiger charge is -2.24. The Morgan fingerprint density at radius 2 is 2.25 bits per heavy atom. The molecule has 5 nitrogen and oxygen atoms in total. The number of carbonyl (C=O) groups excluding carboxylic acids is 2. The van der Waals surface area contributed by atoms with E-state index < -0.39 is 11.7 Å². The van der Waals surface area contributed by atoms with Gasteiger partial charge in [0.25, 0.3) is 5.91 Å². The van der Waals surface area contributed by atoms with Gasteiger partial charge in [0.2, 0.25) is 5.91 Å². The molecular formula is C17H22BrFN2O3. The monoisotopic (exact) mass is 400 g/mol. The third-order valence-corrected chi connectivity index (χ3v) is 4.67. The number of likely N-dealkylation sites (N-methyl/N-ethyl adjacent to an activating group) is 1. The zero-order valence-corrected chi connectivity index (χ0v) is 15.3. The fourth-order valence-electron chi connectivity index (χ4n) is 2.65. The SMILES string of the molecule is CCN(CC1CCCO1)C(=O)CCNC(=O)c1cc(F)ccc1Br. The van der Waals surface area contributed by atoms with Gasteiger partial charge in [-0.3, -0.25) is 9.59 Å². The number of rotatable bonds is 7. The van der Waals surface area contributed by atoms with Gasteiger partial charge in [-0.05, 0) is 53.9 Å². The van der Waals surface area contributed by atoms with Crippen molar-refractivity contribution in [3.05, 3.63) is 34.1 Å². The lowest BCUT2D eigenvalue weighted by molar-refractivity contribution is -0.132. The van der Waals surface area contributed by atoms with Crippen molar-refractivity contribution < 1.29 is 18.7 Å². The Hall–Kier alpha value is -1.47. The minimum atomic E-state index is -0.479. The molecular weight excluding hydrogens is 379 g/mol. The molecule has 1 aliphatic rings. The van der Waals surface area contributed by atoms with E-state index in [4.69, 9.17) is 4.74 Å². The first-order valence-corrected chi connectivity index (χ1v) is 8.93. The van der Waals surface area contributed by atoms with Crippen LogP contribution in [0.5, 0.6) is 0 Å². The van der Waals surface area contributed by atoms with Crippen LogP contribution < -0.4 is 5.32 Å². The summed E-state index contributed by atoms with van der Waals surface area (Å²) < 4.78 is 19.3. The fourth-order valence-corrected chi connectivity index (χ4v) is 3.08. The lowest BCUT2D eigenvalue weighted by atomic mass is 10.2. The van der Waals surface area contributed by atoms with Gasteiger partial charge < -0.3 is 15.0 Å². The average Bonchev–Trinajstić information content (AvgIpc) is 3.07. The number of halogens is 2. The molecule has 132 valence electrons. The first-order valence-electron chi connectivity index (χ1n) is 8.14. The van der Waals surface area contributed by atoms with E-state index in [1.165, 1.54) is 12.1 Å². The molecule has 1 heterocycles. The van der Waals surface area contributed by atoms with Gasteiger partial charge in [0.15, 0.2) is 0 Å². The molecule has 1 atom stereocenters. The predicted octanol–water partition coefficient (Wildman–Crippen LogP) is 2.74. The Kier molecular flexibility index (Phi) is 7.17. The average molecular weight is 401 g/mol. The first-order chi connectivity index (χ1) is 11.5. The Labute approximate surface area is 149 Å². The van der Waals surface area contributed by atoms with E-state index >= 15 is 0 Å². The summed E-state index contributed by atoms with van der Waals surface area (Å²) in [7, 11) is 0. The zero-order valence-electron chi connectivity index (χ0n) is 13.7. The van der Waals surface area contributed by atoms with E-state index in [1.807, 2.05) is 6.92 Å². The summed E-state index contributed by atoms with van der Waals surface area (Å²) in [5, 5.41) is 2.66. The summed E-state index contributed by atoms with van der Waals surface area (Å²) in [5.74, 6) is -0.906. The number of carbonyl (C=O) groups is 2. The summed E-state index contributed by atoms with van der Waals surface area (Å²) in [6.07, 6.45) is 2.34. The smallest absolute Gasteiger partial charge is 0.252 e. The van der Waals surface area contributed by atoms with Crippen LogP contribution >= 0.6 is 15.9 Å². The van der Waals surface area contributed by atoms with Gasteiger partial charge in [0.1, 0.15) is 5.82 Å². The summed E-state index contributed by atoms with van der Waals surface area (Å²) >= 11 is 3.22. The van der Waals surface area contributed by atoms with Crippen LogP contribution in [0, 0.1) is 5.82 Å². The largest absolute Gasteiger partial charge is 0.376 e. The van der Waals surface area contributed by atoms with Gasteiger partial charge >= 0.3 is 0 Å². The van der Waals surface area contributed by atoms with Crippen molar-refractivity contribution >= 4 is 27.7 Å². The highest BCUT2D eigenvalue weighted by atomic mass is 79.9. The molecule has 2 amide bonds. The molecule has 1 unspecified atom stereocenters. The van der Waals surface area contributed by atoms with E-state index in [-0.39, 0.29) is 30.5 Å². The van der Waals surface area contributed by atoms with E-state index in [0.29, 0.717) is 17.6 Å². The van der Waals surface area contributed by atoms with Crippen LogP contribution in [0.15, 0.2) is 22.7 Å². The Morgan fingerprint density at radius 3 is 2.92 bits per heavy atom. The van der Waals surface area contributed by atoms with Crippen LogP contribution in [0.4, 0.5) is 4.39 Å². The van der Waals surface area contributed by atoms with E-state index in [9.17, 15) is 14.0 Å². The molecule has 24 heavy (non-hydrogen) atoms. The summed E-state index contributed by atoms with van der Waals surface area (Å²) in [6.45, 7) is 4.10. The number of benzene rings is 1. The standard InChI is InChI=1S/C17H22BrFN2O3/c1-2-21(11-13-4-3-9-24-13)16(22)7-8-20-17(23)14-10-12(19)5-6-15(14)18/h5-6,10,13H,2-4,7-9,11H2,1H3,(H,20,23). The predicted molar refractivity (Wildman–Crippen MR) is 92.3 cm³/mol. The molecule has 2 rings (SSSR count). The summed E-state index contributed by atoms with van der Waals surface area (Å²) in [4.78, 5) is 26.1. The molecule has 0 saturated carbocycles. The molecule has 1 N–H and O–H groups in total. The number of nitrogens with one attached hydrogen (secondary N) is 1. The first kappa shape index (κ1) is 18.9. The quantitative estimate of drug-likeness (QED) is 0.765. The van der Waals surface area contributed by atoms with Crippen molar-refractivity contribution in [2.45, 2.75) is 32.3 Å².